The highest BCUT2D eigenvalue weighted by atomic mass is 79.9. The van der Waals surface area contributed by atoms with Gasteiger partial charge in [0.25, 0.3) is 0 Å². The lowest BCUT2D eigenvalue weighted by Gasteiger charge is -2.08. The van der Waals surface area contributed by atoms with Crippen LogP contribution in [0.2, 0.25) is 0 Å². The van der Waals surface area contributed by atoms with Crippen molar-refractivity contribution in [3.05, 3.63) is 10.8 Å². The highest BCUT2D eigenvalue weighted by Crippen LogP contribution is 2.28. The summed E-state index contributed by atoms with van der Waals surface area (Å²) in [6.45, 7) is 2.53. The maximum absolute atomic E-state index is 5.65. The highest BCUT2D eigenvalue weighted by Gasteiger charge is 2.20. The predicted molar refractivity (Wildman–Crippen MR) is 70.8 cm³/mol. The first-order valence-electron chi connectivity index (χ1n) is 5.85. The van der Waals surface area contributed by atoms with Gasteiger partial charge in [-0.05, 0) is 41.1 Å². The number of nitrogens with one attached hydrogen (secondary N) is 1. The topological polar surface area (TPSA) is 73.1 Å². The van der Waals surface area contributed by atoms with Crippen LogP contribution in [0, 0.1) is 5.92 Å². The highest BCUT2D eigenvalue weighted by molar-refractivity contribution is 9.10. The molecule has 0 aliphatic heterocycles. The third-order valence-electron chi connectivity index (χ3n) is 2.62. The second-order valence-electron chi connectivity index (χ2n) is 4.22. The van der Waals surface area contributed by atoms with E-state index < -0.39 is 0 Å². The molecule has 0 spiro atoms. The quantitative estimate of drug-likeness (QED) is 0.754. The molecule has 1 heterocycles. The van der Waals surface area contributed by atoms with Crippen molar-refractivity contribution >= 4 is 27.6 Å². The Hall–Kier alpha value is -0.880. The zero-order chi connectivity index (χ0) is 12.1. The largest absolute Gasteiger partial charge is 0.383 e. The standard InChI is InChI=1S/C11H17BrN4O/c12-9-10(13)15-7-16-11(9)14-4-1-5-17-6-8-2-3-8/h7-8H,1-6H2,(H3,13,14,15,16). The predicted octanol–water partition coefficient (Wildman–Crippen LogP) is 2.05. The molecule has 0 unspecified atom stereocenters. The third-order valence-corrected chi connectivity index (χ3v) is 3.41. The molecule has 1 fully saturated rings. The van der Waals surface area contributed by atoms with Crippen molar-refractivity contribution in [2.75, 3.05) is 30.8 Å². The average molecular weight is 301 g/mol. The first kappa shape index (κ1) is 12.6. The molecular formula is C11H17BrN4O. The van der Waals surface area contributed by atoms with Crippen LogP contribution < -0.4 is 11.1 Å². The number of hydrogen-bond donors (Lipinski definition) is 2. The van der Waals surface area contributed by atoms with Crippen LogP contribution >= 0.6 is 15.9 Å². The molecular weight excluding hydrogens is 284 g/mol. The van der Waals surface area contributed by atoms with E-state index in [2.05, 4.69) is 31.2 Å². The number of rotatable bonds is 7. The van der Waals surface area contributed by atoms with Gasteiger partial charge in [0.1, 0.15) is 22.4 Å². The smallest absolute Gasteiger partial charge is 0.145 e. The average Bonchev–Trinajstić information content (AvgIpc) is 3.12. The number of nitrogens with two attached hydrogens (primary N) is 1. The van der Waals surface area contributed by atoms with E-state index in [0.717, 1.165) is 42.4 Å². The molecule has 17 heavy (non-hydrogen) atoms. The van der Waals surface area contributed by atoms with Gasteiger partial charge in [0.05, 0.1) is 0 Å². The van der Waals surface area contributed by atoms with Gasteiger partial charge in [0.15, 0.2) is 0 Å². The maximum atomic E-state index is 5.65. The van der Waals surface area contributed by atoms with Gasteiger partial charge in [-0.15, -0.1) is 0 Å². The second-order valence-corrected chi connectivity index (χ2v) is 5.01. The molecule has 0 radical (unpaired) electrons. The first-order chi connectivity index (χ1) is 8.27. The monoisotopic (exact) mass is 300 g/mol. The Morgan fingerprint density at radius 3 is 3.06 bits per heavy atom. The summed E-state index contributed by atoms with van der Waals surface area (Å²) in [7, 11) is 0. The van der Waals surface area contributed by atoms with Crippen molar-refractivity contribution in [1.82, 2.24) is 9.97 Å². The molecule has 0 saturated heterocycles. The Balaban J connectivity index is 1.61. The minimum atomic E-state index is 0.451. The molecule has 3 N–H and O–H groups in total. The Morgan fingerprint density at radius 2 is 2.29 bits per heavy atom. The van der Waals surface area contributed by atoms with E-state index in [1.54, 1.807) is 0 Å². The SMILES string of the molecule is Nc1ncnc(NCCCOCC2CC2)c1Br. The molecule has 0 bridgehead atoms. The van der Waals surface area contributed by atoms with Crippen LogP contribution in [-0.2, 0) is 4.74 Å². The van der Waals surface area contributed by atoms with E-state index in [1.807, 2.05) is 0 Å². The number of anilines is 2. The van der Waals surface area contributed by atoms with E-state index >= 15 is 0 Å². The molecule has 0 atom stereocenters. The van der Waals surface area contributed by atoms with Crippen molar-refractivity contribution in [1.29, 1.82) is 0 Å². The van der Waals surface area contributed by atoms with E-state index in [4.69, 9.17) is 10.5 Å². The summed E-state index contributed by atoms with van der Waals surface area (Å²) in [5.74, 6) is 2.02. The number of nitrogens with zero attached hydrogens (tertiary/aromatic N) is 2. The molecule has 1 aromatic rings. The normalized spacial score (nSPS) is 14.9. The van der Waals surface area contributed by atoms with Crippen molar-refractivity contribution < 1.29 is 4.74 Å². The zero-order valence-corrected chi connectivity index (χ0v) is 11.2. The number of ether oxygens (including phenoxy) is 1. The molecule has 94 valence electrons. The number of aromatic nitrogens is 2. The van der Waals surface area contributed by atoms with Gasteiger partial charge in [-0.25, -0.2) is 9.97 Å². The van der Waals surface area contributed by atoms with Gasteiger partial charge in [-0.1, -0.05) is 0 Å². The van der Waals surface area contributed by atoms with Crippen molar-refractivity contribution in [2.45, 2.75) is 19.3 Å². The minimum Gasteiger partial charge on any atom is -0.383 e. The van der Waals surface area contributed by atoms with Crippen LogP contribution in [0.1, 0.15) is 19.3 Å². The van der Waals surface area contributed by atoms with Crippen LogP contribution in [0.5, 0.6) is 0 Å². The van der Waals surface area contributed by atoms with Crippen molar-refractivity contribution in [3.8, 4) is 0 Å². The summed E-state index contributed by atoms with van der Waals surface area (Å²) in [5, 5.41) is 3.20. The van der Waals surface area contributed by atoms with E-state index in [1.165, 1.54) is 19.2 Å². The van der Waals surface area contributed by atoms with Crippen LogP contribution in [-0.4, -0.2) is 29.7 Å². The second kappa shape index (κ2) is 6.16. The molecule has 1 saturated carbocycles. The van der Waals surface area contributed by atoms with Crippen LogP contribution in [0.25, 0.3) is 0 Å². The van der Waals surface area contributed by atoms with Crippen molar-refractivity contribution in [3.63, 3.8) is 0 Å². The van der Waals surface area contributed by atoms with Crippen molar-refractivity contribution in [2.24, 2.45) is 5.92 Å². The molecule has 2 rings (SSSR count). The fourth-order valence-corrected chi connectivity index (χ4v) is 1.77. The van der Waals surface area contributed by atoms with E-state index in [-0.39, 0.29) is 0 Å². The van der Waals surface area contributed by atoms with Gasteiger partial charge in [0, 0.05) is 19.8 Å². The minimum absolute atomic E-state index is 0.451. The van der Waals surface area contributed by atoms with Gasteiger partial charge in [-0.2, -0.15) is 0 Å². The summed E-state index contributed by atoms with van der Waals surface area (Å²) in [5.41, 5.74) is 5.65. The third kappa shape index (κ3) is 4.12. The van der Waals surface area contributed by atoms with Gasteiger partial charge < -0.3 is 15.8 Å². The molecule has 6 heteroatoms. The molecule has 0 aromatic carbocycles. The van der Waals surface area contributed by atoms with E-state index in [0.29, 0.717) is 5.82 Å². The van der Waals surface area contributed by atoms with E-state index in [9.17, 15) is 0 Å². The van der Waals surface area contributed by atoms with Gasteiger partial charge in [-0.3, -0.25) is 0 Å². The number of hydrogen-bond acceptors (Lipinski definition) is 5. The summed E-state index contributed by atoms with van der Waals surface area (Å²) in [4.78, 5) is 7.98. The maximum Gasteiger partial charge on any atom is 0.145 e. The Bertz CT molecular complexity index is 370. The lowest BCUT2D eigenvalue weighted by Crippen LogP contribution is -2.09. The van der Waals surface area contributed by atoms with Crippen LogP contribution in [0.3, 0.4) is 0 Å². The lowest BCUT2D eigenvalue weighted by atomic mass is 10.4. The Morgan fingerprint density at radius 1 is 1.47 bits per heavy atom. The van der Waals surface area contributed by atoms with Crippen LogP contribution in [0.15, 0.2) is 10.8 Å². The fraction of sp³-hybridized carbons (Fsp3) is 0.636. The summed E-state index contributed by atoms with van der Waals surface area (Å²) in [6, 6.07) is 0. The molecule has 1 aromatic heterocycles. The summed E-state index contributed by atoms with van der Waals surface area (Å²) in [6.07, 6.45) is 5.09. The number of halogens is 1. The molecule has 0 amide bonds. The molecule has 1 aliphatic carbocycles. The summed E-state index contributed by atoms with van der Waals surface area (Å²) < 4.78 is 6.26. The number of nitrogen functional groups attached to an aromatic ring is 1. The fourth-order valence-electron chi connectivity index (χ4n) is 1.42. The lowest BCUT2D eigenvalue weighted by molar-refractivity contribution is 0.124. The summed E-state index contributed by atoms with van der Waals surface area (Å²) >= 11 is 3.35. The molecule has 5 nitrogen and oxygen atoms in total. The first-order valence-corrected chi connectivity index (χ1v) is 6.64. The Labute approximate surface area is 109 Å². The van der Waals surface area contributed by atoms with Gasteiger partial charge in [0.2, 0.25) is 0 Å². The van der Waals surface area contributed by atoms with Crippen LogP contribution in [0.4, 0.5) is 11.6 Å². The molecule has 1 aliphatic rings. The van der Waals surface area contributed by atoms with Gasteiger partial charge >= 0.3 is 0 Å². The Kier molecular flexibility index (Phi) is 4.56. The zero-order valence-electron chi connectivity index (χ0n) is 9.66.